The first-order valence-electron chi connectivity index (χ1n) is 3.07. The Labute approximate surface area is 58.4 Å². The van der Waals surface area contributed by atoms with Crippen molar-refractivity contribution in [2.75, 3.05) is 0 Å². The van der Waals surface area contributed by atoms with Crippen molar-refractivity contribution in [3.8, 4) is 0 Å². The molecule has 4 nitrogen and oxygen atoms in total. The summed E-state index contributed by atoms with van der Waals surface area (Å²) in [4.78, 5) is 10.6. The van der Waals surface area contributed by atoms with Crippen molar-refractivity contribution >= 4 is 5.91 Å². The van der Waals surface area contributed by atoms with Gasteiger partial charge in [-0.2, -0.15) is 5.10 Å². The molecule has 0 fully saturated rings. The van der Waals surface area contributed by atoms with Crippen LogP contribution in [0.15, 0.2) is 6.20 Å². The summed E-state index contributed by atoms with van der Waals surface area (Å²) in [5, 5.41) is 6.22. The summed E-state index contributed by atoms with van der Waals surface area (Å²) >= 11 is 0. The monoisotopic (exact) mass is 139 g/mol. The van der Waals surface area contributed by atoms with Gasteiger partial charge in [0, 0.05) is 5.56 Å². The van der Waals surface area contributed by atoms with Gasteiger partial charge in [0.2, 0.25) is 0 Å². The molecule has 3 N–H and O–H groups in total. The van der Waals surface area contributed by atoms with Crippen molar-refractivity contribution in [2.24, 2.45) is 5.73 Å². The maximum atomic E-state index is 10.6. The number of aromatic amines is 1. The SMILES string of the molecule is CCc1cn[nH]c1C(N)=O. The molecule has 1 rings (SSSR count). The molecule has 0 radical (unpaired) electrons. The van der Waals surface area contributed by atoms with Gasteiger partial charge >= 0.3 is 0 Å². The first-order valence-corrected chi connectivity index (χ1v) is 3.07. The summed E-state index contributed by atoms with van der Waals surface area (Å²) in [5.41, 5.74) is 6.31. The smallest absolute Gasteiger partial charge is 0.266 e. The van der Waals surface area contributed by atoms with Crippen molar-refractivity contribution in [1.82, 2.24) is 10.2 Å². The topological polar surface area (TPSA) is 71.8 Å². The molecule has 0 atom stereocenters. The molecule has 0 aromatic carbocycles. The van der Waals surface area contributed by atoms with Crippen LogP contribution in [-0.4, -0.2) is 16.1 Å². The molecular formula is C6H9N3O. The van der Waals surface area contributed by atoms with E-state index in [9.17, 15) is 4.79 Å². The molecule has 10 heavy (non-hydrogen) atoms. The second-order valence-corrected chi connectivity index (χ2v) is 1.99. The third-order valence-corrected chi connectivity index (χ3v) is 1.35. The maximum Gasteiger partial charge on any atom is 0.266 e. The number of H-pyrrole nitrogens is 1. The number of nitrogens with zero attached hydrogens (tertiary/aromatic N) is 1. The number of nitrogens with two attached hydrogens (primary N) is 1. The van der Waals surface area contributed by atoms with Crippen molar-refractivity contribution in [3.63, 3.8) is 0 Å². The maximum absolute atomic E-state index is 10.6. The number of carbonyl (C=O) groups excluding carboxylic acids is 1. The first kappa shape index (κ1) is 6.80. The Balaban J connectivity index is 3.01. The molecule has 0 saturated heterocycles. The lowest BCUT2D eigenvalue weighted by Gasteiger charge is -1.91. The van der Waals surface area contributed by atoms with Crippen LogP contribution in [0.1, 0.15) is 23.0 Å². The number of primary amides is 1. The average molecular weight is 139 g/mol. The fraction of sp³-hybridized carbons (Fsp3) is 0.333. The molecule has 1 aromatic heterocycles. The highest BCUT2D eigenvalue weighted by Gasteiger charge is 2.06. The van der Waals surface area contributed by atoms with E-state index in [4.69, 9.17) is 5.73 Å². The number of rotatable bonds is 2. The van der Waals surface area contributed by atoms with Crippen LogP contribution in [0.3, 0.4) is 0 Å². The standard InChI is InChI=1S/C6H9N3O/c1-2-4-3-8-9-5(4)6(7)10/h3H,2H2,1H3,(H2,7,10)(H,8,9). The summed E-state index contributed by atoms with van der Waals surface area (Å²) in [6, 6.07) is 0. The fourth-order valence-corrected chi connectivity index (χ4v) is 0.793. The zero-order chi connectivity index (χ0) is 7.56. The Kier molecular flexibility index (Phi) is 1.71. The molecule has 1 heterocycles. The predicted molar refractivity (Wildman–Crippen MR) is 36.5 cm³/mol. The van der Waals surface area contributed by atoms with Crippen LogP contribution in [0.25, 0.3) is 0 Å². The molecule has 0 aliphatic rings. The molecule has 0 spiro atoms. The number of hydrogen-bond acceptors (Lipinski definition) is 2. The van der Waals surface area contributed by atoms with Gasteiger partial charge in [0.25, 0.3) is 5.91 Å². The minimum atomic E-state index is -0.450. The summed E-state index contributed by atoms with van der Waals surface area (Å²) in [5.74, 6) is -0.450. The summed E-state index contributed by atoms with van der Waals surface area (Å²) in [6.45, 7) is 1.94. The first-order chi connectivity index (χ1) is 4.75. The van der Waals surface area contributed by atoms with Crippen molar-refractivity contribution in [2.45, 2.75) is 13.3 Å². The third-order valence-electron chi connectivity index (χ3n) is 1.35. The third kappa shape index (κ3) is 1.00. The predicted octanol–water partition coefficient (Wildman–Crippen LogP) is 0.0710. The van der Waals surface area contributed by atoms with Crippen LogP contribution >= 0.6 is 0 Å². The highest BCUT2D eigenvalue weighted by molar-refractivity contribution is 5.92. The molecule has 0 unspecified atom stereocenters. The number of amides is 1. The van der Waals surface area contributed by atoms with Gasteiger partial charge in [-0.25, -0.2) is 0 Å². The van der Waals surface area contributed by atoms with Crippen molar-refractivity contribution in [3.05, 3.63) is 17.5 Å². The van der Waals surface area contributed by atoms with E-state index in [1.165, 1.54) is 0 Å². The highest BCUT2D eigenvalue weighted by atomic mass is 16.1. The quantitative estimate of drug-likeness (QED) is 0.608. The van der Waals surface area contributed by atoms with Gasteiger partial charge in [0.05, 0.1) is 6.20 Å². The summed E-state index contributed by atoms with van der Waals surface area (Å²) < 4.78 is 0. The van der Waals surface area contributed by atoms with Gasteiger partial charge in [0.15, 0.2) is 0 Å². The van der Waals surface area contributed by atoms with Gasteiger partial charge in [-0.1, -0.05) is 6.92 Å². The van der Waals surface area contributed by atoms with Crippen LogP contribution in [0.2, 0.25) is 0 Å². The average Bonchev–Trinajstić information content (AvgIpc) is 2.33. The minimum absolute atomic E-state index is 0.419. The number of aryl methyl sites for hydroxylation is 1. The summed E-state index contributed by atoms with van der Waals surface area (Å²) in [7, 11) is 0. The zero-order valence-corrected chi connectivity index (χ0v) is 5.72. The summed E-state index contributed by atoms with van der Waals surface area (Å²) in [6.07, 6.45) is 2.38. The lowest BCUT2D eigenvalue weighted by atomic mass is 10.2. The Morgan fingerprint density at radius 2 is 2.60 bits per heavy atom. The number of aromatic nitrogens is 2. The van der Waals surface area contributed by atoms with Gasteiger partial charge in [-0.3, -0.25) is 9.89 Å². The Morgan fingerprint density at radius 3 is 3.00 bits per heavy atom. The largest absolute Gasteiger partial charge is 0.364 e. The van der Waals surface area contributed by atoms with E-state index in [0.717, 1.165) is 12.0 Å². The van der Waals surface area contributed by atoms with E-state index in [-0.39, 0.29) is 0 Å². The van der Waals surface area contributed by atoms with E-state index >= 15 is 0 Å². The molecule has 1 amide bonds. The Hall–Kier alpha value is -1.32. The van der Waals surface area contributed by atoms with Crippen LogP contribution in [-0.2, 0) is 6.42 Å². The number of nitrogens with one attached hydrogen (secondary N) is 1. The van der Waals surface area contributed by atoms with Crippen LogP contribution in [0.4, 0.5) is 0 Å². The molecule has 54 valence electrons. The Morgan fingerprint density at radius 1 is 1.90 bits per heavy atom. The lowest BCUT2D eigenvalue weighted by molar-refractivity contribution is 0.0994. The molecule has 1 aromatic rings. The van der Waals surface area contributed by atoms with Crippen molar-refractivity contribution < 1.29 is 4.79 Å². The van der Waals surface area contributed by atoms with E-state index in [1.54, 1.807) is 6.20 Å². The molecule has 0 aliphatic heterocycles. The van der Waals surface area contributed by atoms with E-state index in [0.29, 0.717) is 5.69 Å². The van der Waals surface area contributed by atoms with Gasteiger partial charge in [-0.15, -0.1) is 0 Å². The lowest BCUT2D eigenvalue weighted by Crippen LogP contribution is -2.13. The minimum Gasteiger partial charge on any atom is -0.364 e. The van der Waals surface area contributed by atoms with E-state index in [2.05, 4.69) is 10.2 Å². The molecule has 4 heteroatoms. The van der Waals surface area contributed by atoms with Crippen molar-refractivity contribution in [1.29, 1.82) is 0 Å². The van der Waals surface area contributed by atoms with Crippen LogP contribution in [0.5, 0.6) is 0 Å². The Bertz CT molecular complexity index is 241. The van der Waals surface area contributed by atoms with E-state index < -0.39 is 5.91 Å². The van der Waals surface area contributed by atoms with Gasteiger partial charge in [0.1, 0.15) is 5.69 Å². The number of carbonyl (C=O) groups is 1. The van der Waals surface area contributed by atoms with Crippen LogP contribution < -0.4 is 5.73 Å². The zero-order valence-electron chi connectivity index (χ0n) is 5.72. The highest BCUT2D eigenvalue weighted by Crippen LogP contribution is 2.02. The molecule has 0 bridgehead atoms. The second-order valence-electron chi connectivity index (χ2n) is 1.99. The van der Waals surface area contributed by atoms with E-state index in [1.807, 2.05) is 6.92 Å². The number of hydrogen-bond donors (Lipinski definition) is 2. The van der Waals surface area contributed by atoms with Crippen LogP contribution in [0, 0.1) is 0 Å². The normalized spacial score (nSPS) is 9.70. The molecule has 0 aliphatic carbocycles. The van der Waals surface area contributed by atoms with Gasteiger partial charge in [-0.05, 0) is 6.42 Å². The van der Waals surface area contributed by atoms with Gasteiger partial charge < -0.3 is 5.73 Å². The molecule has 0 saturated carbocycles. The molecular weight excluding hydrogens is 130 g/mol. The fourth-order valence-electron chi connectivity index (χ4n) is 0.793. The second kappa shape index (κ2) is 2.51.